The highest BCUT2D eigenvalue weighted by molar-refractivity contribution is 7.13. The largest absolute Gasteiger partial charge is 0.361 e. The molecule has 0 aliphatic carbocycles. The molecule has 3 aromatic rings. The van der Waals surface area contributed by atoms with Crippen LogP contribution in [0.5, 0.6) is 0 Å². The Kier molecular flexibility index (Phi) is 5.37. The molecular formula is C24H26FNOS. The first-order valence-corrected chi connectivity index (χ1v) is 10.6. The summed E-state index contributed by atoms with van der Waals surface area (Å²) in [4.78, 5) is 3.48. The van der Waals surface area contributed by atoms with Crippen LogP contribution in [0.2, 0.25) is 0 Å². The lowest BCUT2D eigenvalue weighted by Gasteiger charge is -2.31. The Morgan fingerprint density at radius 1 is 1.11 bits per heavy atom. The number of hydrogen-bond donors (Lipinski definition) is 0. The van der Waals surface area contributed by atoms with Crippen molar-refractivity contribution in [2.45, 2.75) is 32.0 Å². The SMILES string of the molecule is Cc1csc(-c2ccc3c(c2)COC3(CCCN(C)C)c2ccc(F)cc2)c1. The number of nitrogens with zero attached hydrogens (tertiary/aromatic N) is 1. The van der Waals surface area contributed by atoms with Crippen LogP contribution in [0.3, 0.4) is 0 Å². The van der Waals surface area contributed by atoms with Gasteiger partial charge in [0.15, 0.2) is 0 Å². The van der Waals surface area contributed by atoms with Crippen LogP contribution in [0.1, 0.15) is 35.1 Å². The van der Waals surface area contributed by atoms with Crippen molar-refractivity contribution in [1.82, 2.24) is 4.90 Å². The fourth-order valence-electron chi connectivity index (χ4n) is 4.08. The van der Waals surface area contributed by atoms with Gasteiger partial charge >= 0.3 is 0 Å². The molecule has 1 unspecified atom stereocenters. The van der Waals surface area contributed by atoms with Crippen LogP contribution in [0.25, 0.3) is 10.4 Å². The van der Waals surface area contributed by atoms with E-state index in [4.69, 9.17) is 4.74 Å². The van der Waals surface area contributed by atoms with Crippen molar-refractivity contribution in [3.8, 4) is 10.4 Å². The molecule has 0 spiro atoms. The number of aryl methyl sites for hydroxylation is 1. The van der Waals surface area contributed by atoms with Crippen molar-refractivity contribution < 1.29 is 9.13 Å². The Morgan fingerprint density at radius 3 is 2.57 bits per heavy atom. The van der Waals surface area contributed by atoms with E-state index in [9.17, 15) is 4.39 Å². The molecule has 0 radical (unpaired) electrons. The molecule has 0 N–H and O–H groups in total. The highest BCUT2D eigenvalue weighted by atomic mass is 32.1. The predicted octanol–water partition coefficient (Wildman–Crippen LogP) is 5.98. The van der Waals surface area contributed by atoms with Crippen LogP contribution in [-0.4, -0.2) is 25.5 Å². The van der Waals surface area contributed by atoms with Crippen molar-refractivity contribution in [2.24, 2.45) is 0 Å². The third-order valence-electron chi connectivity index (χ3n) is 5.47. The second-order valence-electron chi connectivity index (χ2n) is 7.89. The summed E-state index contributed by atoms with van der Waals surface area (Å²) < 4.78 is 20.0. The van der Waals surface area contributed by atoms with E-state index < -0.39 is 5.60 Å². The highest BCUT2D eigenvalue weighted by Gasteiger charge is 2.41. The number of benzene rings is 2. The van der Waals surface area contributed by atoms with Crippen LogP contribution in [-0.2, 0) is 16.9 Å². The van der Waals surface area contributed by atoms with Gasteiger partial charge in [0.05, 0.1) is 6.61 Å². The molecule has 4 heteroatoms. The number of rotatable bonds is 6. The topological polar surface area (TPSA) is 12.5 Å². The van der Waals surface area contributed by atoms with Gasteiger partial charge in [0.1, 0.15) is 11.4 Å². The van der Waals surface area contributed by atoms with Crippen LogP contribution in [0.4, 0.5) is 4.39 Å². The minimum atomic E-state index is -0.497. The fourth-order valence-corrected chi connectivity index (χ4v) is 4.97. The first-order valence-electron chi connectivity index (χ1n) is 9.71. The van der Waals surface area contributed by atoms with E-state index in [0.29, 0.717) is 6.61 Å². The Labute approximate surface area is 170 Å². The number of hydrogen-bond acceptors (Lipinski definition) is 3. The van der Waals surface area contributed by atoms with Crippen molar-refractivity contribution in [1.29, 1.82) is 0 Å². The van der Waals surface area contributed by atoms with E-state index in [1.807, 2.05) is 12.1 Å². The lowest BCUT2D eigenvalue weighted by Crippen LogP contribution is -2.28. The minimum Gasteiger partial charge on any atom is -0.361 e. The summed E-state index contributed by atoms with van der Waals surface area (Å²) >= 11 is 1.78. The molecule has 4 rings (SSSR count). The maximum atomic E-state index is 13.5. The average molecular weight is 396 g/mol. The van der Waals surface area contributed by atoms with Gasteiger partial charge in [0.2, 0.25) is 0 Å². The molecule has 1 aromatic heterocycles. The number of ether oxygens (including phenoxy) is 1. The van der Waals surface area contributed by atoms with Crippen molar-refractivity contribution in [2.75, 3.05) is 20.6 Å². The average Bonchev–Trinajstić information content (AvgIpc) is 3.26. The van der Waals surface area contributed by atoms with E-state index in [1.54, 1.807) is 11.3 Å². The van der Waals surface area contributed by atoms with E-state index in [2.05, 4.69) is 55.6 Å². The summed E-state index contributed by atoms with van der Waals surface area (Å²) in [6, 6.07) is 15.7. The molecule has 2 aromatic carbocycles. The van der Waals surface area contributed by atoms with E-state index in [0.717, 1.165) is 24.9 Å². The highest BCUT2D eigenvalue weighted by Crippen LogP contribution is 2.46. The number of fused-ring (bicyclic) bond motifs is 1. The summed E-state index contributed by atoms with van der Waals surface area (Å²) in [5.74, 6) is -0.214. The first-order chi connectivity index (χ1) is 13.5. The van der Waals surface area contributed by atoms with Gasteiger partial charge in [0, 0.05) is 4.88 Å². The Balaban J connectivity index is 1.73. The first kappa shape index (κ1) is 19.3. The van der Waals surface area contributed by atoms with Crippen molar-refractivity contribution >= 4 is 11.3 Å². The molecular weight excluding hydrogens is 369 g/mol. The maximum Gasteiger partial charge on any atom is 0.123 e. The van der Waals surface area contributed by atoms with Crippen LogP contribution in [0, 0.1) is 12.7 Å². The van der Waals surface area contributed by atoms with Gasteiger partial charge in [-0.3, -0.25) is 0 Å². The lowest BCUT2D eigenvalue weighted by molar-refractivity contribution is -0.0140. The zero-order chi connectivity index (χ0) is 19.7. The molecule has 1 aliphatic heterocycles. The standard InChI is InChI=1S/C24H26FNOS/c1-17-13-23(28-16-17)18-5-10-22-19(14-18)15-27-24(22,11-4-12-26(2)3)20-6-8-21(25)9-7-20/h5-10,13-14,16H,4,11-12,15H2,1-3H3. The molecule has 0 saturated carbocycles. The van der Waals surface area contributed by atoms with Gasteiger partial charge in [0.25, 0.3) is 0 Å². The Bertz CT molecular complexity index is 963. The summed E-state index contributed by atoms with van der Waals surface area (Å²) in [5.41, 5.74) is 5.52. The summed E-state index contributed by atoms with van der Waals surface area (Å²) in [6.45, 7) is 3.71. The molecule has 1 atom stereocenters. The molecule has 0 fully saturated rings. The van der Waals surface area contributed by atoms with Crippen molar-refractivity contribution in [3.05, 3.63) is 82.0 Å². The van der Waals surface area contributed by atoms with Gasteiger partial charge in [-0.15, -0.1) is 11.3 Å². The quantitative estimate of drug-likeness (QED) is 0.509. The molecule has 28 heavy (non-hydrogen) atoms. The molecule has 0 saturated heterocycles. The van der Waals surface area contributed by atoms with Crippen LogP contribution < -0.4 is 0 Å². The van der Waals surface area contributed by atoms with Gasteiger partial charge in [-0.1, -0.05) is 24.3 Å². The Hall–Kier alpha value is -2.01. The van der Waals surface area contributed by atoms with Gasteiger partial charge < -0.3 is 9.64 Å². The smallest absolute Gasteiger partial charge is 0.123 e. The summed E-state index contributed by atoms with van der Waals surface area (Å²) in [6.07, 6.45) is 1.89. The summed E-state index contributed by atoms with van der Waals surface area (Å²) in [7, 11) is 4.17. The van der Waals surface area contributed by atoms with Gasteiger partial charge in [-0.25, -0.2) is 4.39 Å². The predicted molar refractivity (Wildman–Crippen MR) is 114 cm³/mol. The zero-order valence-electron chi connectivity index (χ0n) is 16.7. The van der Waals surface area contributed by atoms with Gasteiger partial charge in [-0.05, 0) is 97.9 Å². The second-order valence-corrected chi connectivity index (χ2v) is 8.80. The van der Waals surface area contributed by atoms with Crippen LogP contribution >= 0.6 is 11.3 Å². The van der Waals surface area contributed by atoms with E-state index >= 15 is 0 Å². The van der Waals surface area contributed by atoms with Crippen molar-refractivity contribution in [3.63, 3.8) is 0 Å². The molecule has 0 amide bonds. The monoisotopic (exact) mass is 395 g/mol. The minimum absolute atomic E-state index is 0.214. The van der Waals surface area contributed by atoms with E-state index in [1.165, 1.54) is 39.3 Å². The molecule has 0 bridgehead atoms. The number of thiophene rings is 1. The van der Waals surface area contributed by atoms with Gasteiger partial charge in [-0.2, -0.15) is 0 Å². The third-order valence-corrected chi connectivity index (χ3v) is 6.57. The zero-order valence-corrected chi connectivity index (χ0v) is 17.5. The molecule has 2 heterocycles. The maximum absolute atomic E-state index is 13.5. The molecule has 146 valence electrons. The normalized spacial score (nSPS) is 18.6. The third kappa shape index (κ3) is 3.64. The number of halogens is 1. The Morgan fingerprint density at radius 2 is 1.89 bits per heavy atom. The molecule has 2 nitrogen and oxygen atoms in total. The molecule has 1 aliphatic rings. The van der Waals surface area contributed by atoms with E-state index in [-0.39, 0.29) is 5.82 Å². The fraction of sp³-hybridized carbons (Fsp3) is 0.333. The van der Waals surface area contributed by atoms with Crippen LogP contribution in [0.15, 0.2) is 53.9 Å². The summed E-state index contributed by atoms with van der Waals surface area (Å²) in [5, 5.41) is 2.18. The lowest BCUT2D eigenvalue weighted by atomic mass is 9.81. The second kappa shape index (κ2) is 7.78.